The zero-order valence-corrected chi connectivity index (χ0v) is 30.7. The fourth-order valence-electron chi connectivity index (χ4n) is 6.78. The smallest absolute Gasteiger partial charge is 0.259 e. The number of likely N-dealkylation sites (tertiary alicyclic amines) is 1. The van der Waals surface area contributed by atoms with Crippen molar-refractivity contribution in [3.05, 3.63) is 66.5 Å². The molecule has 272 valence electrons. The van der Waals surface area contributed by atoms with E-state index < -0.39 is 62.1 Å². The van der Waals surface area contributed by atoms with Gasteiger partial charge in [0, 0.05) is 29.6 Å². The summed E-state index contributed by atoms with van der Waals surface area (Å²) >= 11 is 0. The third-order valence-corrected chi connectivity index (χ3v) is 11.6. The Hall–Kier alpha value is -4.72. The van der Waals surface area contributed by atoms with E-state index in [1.54, 1.807) is 19.4 Å². The first kappa shape index (κ1) is 36.1. The van der Waals surface area contributed by atoms with Gasteiger partial charge in [-0.3, -0.25) is 19.1 Å². The number of hydrogen-bond acceptors (Lipinski definition) is 10. The van der Waals surface area contributed by atoms with Crippen molar-refractivity contribution in [2.45, 2.75) is 89.3 Å². The molecule has 1 aromatic carbocycles. The number of benzene rings is 1. The first-order valence-electron chi connectivity index (χ1n) is 17.2. The maximum absolute atomic E-state index is 14.7. The molecule has 2 aliphatic carbocycles. The van der Waals surface area contributed by atoms with E-state index in [1.807, 2.05) is 65.0 Å². The van der Waals surface area contributed by atoms with Crippen LogP contribution < -0.4 is 24.8 Å². The second-order valence-corrected chi connectivity index (χ2v) is 16.9. The van der Waals surface area contributed by atoms with Crippen molar-refractivity contribution in [3.8, 4) is 11.6 Å². The summed E-state index contributed by atoms with van der Waals surface area (Å²) in [6, 6.07) is 9.30. The van der Waals surface area contributed by atoms with Crippen LogP contribution >= 0.6 is 0 Å². The maximum Gasteiger partial charge on any atom is 0.259 e. The summed E-state index contributed by atoms with van der Waals surface area (Å²) in [7, 11) is -2.28. The van der Waals surface area contributed by atoms with Crippen LogP contribution in [0.4, 0.5) is 5.82 Å². The highest BCUT2D eigenvalue weighted by molar-refractivity contribution is 7.91. The van der Waals surface area contributed by atoms with Gasteiger partial charge in [-0.1, -0.05) is 26.8 Å². The van der Waals surface area contributed by atoms with Gasteiger partial charge in [0.25, 0.3) is 5.91 Å². The van der Waals surface area contributed by atoms with Crippen molar-refractivity contribution < 1.29 is 32.3 Å². The molecule has 13 nitrogen and oxygen atoms in total. The summed E-state index contributed by atoms with van der Waals surface area (Å²) in [4.78, 5) is 53.0. The van der Waals surface area contributed by atoms with Crippen LogP contribution in [0.15, 0.2) is 55.3 Å². The molecule has 5 atom stereocenters. The fourth-order valence-corrected chi connectivity index (χ4v) is 8.14. The monoisotopic (exact) mass is 718 g/mol. The van der Waals surface area contributed by atoms with Crippen LogP contribution in [0.1, 0.15) is 57.7 Å². The summed E-state index contributed by atoms with van der Waals surface area (Å²) in [5, 5.41) is 7.14. The number of anilines is 1. The van der Waals surface area contributed by atoms with Gasteiger partial charge < -0.3 is 25.0 Å². The largest absolute Gasteiger partial charge is 0.497 e. The molecule has 3 aromatic rings. The summed E-state index contributed by atoms with van der Waals surface area (Å²) in [5.41, 5.74) is -0.353. The highest BCUT2D eigenvalue weighted by Gasteiger charge is 2.62. The number of amides is 3. The van der Waals surface area contributed by atoms with Gasteiger partial charge in [-0.25, -0.2) is 18.4 Å². The van der Waals surface area contributed by atoms with Gasteiger partial charge in [0.2, 0.25) is 27.7 Å². The van der Waals surface area contributed by atoms with Crippen molar-refractivity contribution in [2.75, 3.05) is 19.0 Å². The molecule has 51 heavy (non-hydrogen) atoms. The molecule has 3 aliphatic rings. The molecule has 1 saturated heterocycles. The zero-order valence-electron chi connectivity index (χ0n) is 29.9. The minimum Gasteiger partial charge on any atom is -0.497 e. The number of rotatable bonds is 12. The molecule has 0 bridgehead atoms. The molecule has 3 N–H and O–H groups in total. The lowest BCUT2D eigenvalue weighted by Crippen LogP contribution is -2.58. The molecule has 3 amide bonds. The molecule has 6 rings (SSSR count). The quantitative estimate of drug-likeness (QED) is 0.234. The van der Waals surface area contributed by atoms with Crippen molar-refractivity contribution >= 4 is 44.3 Å². The molecule has 3 heterocycles. The Morgan fingerprint density at radius 3 is 2.49 bits per heavy atom. The fraction of sp³-hybridized carbons (Fsp3) is 0.486. The second-order valence-electron chi connectivity index (χ2n) is 15.0. The van der Waals surface area contributed by atoms with Crippen molar-refractivity contribution in [3.63, 3.8) is 0 Å². The van der Waals surface area contributed by atoms with Crippen LogP contribution in [0.2, 0.25) is 0 Å². The van der Waals surface area contributed by atoms with E-state index in [1.165, 1.54) is 11.0 Å². The number of sulfonamides is 1. The van der Waals surface area contributed by atoms with E-state index >= 15 is 0 Å². The van der Waals surface area contributed by atoms with Crippen molar-refractivity contribution in [2.24, 2.45) is 11.3 Å². The number of fused-ring (bicyclic) bond motifs is 1. The molecule has 3 fully saturated rings. The van der Waals surface area contributed by atoms with Crippen LogP contribution in [-0.4, -0.2) is 83.6 Å². The van der Waals surface area contributed by atoms with Gasteiger partial charge in [0.1, 0.15) is 35.3 Å². The number of ether oxygens (including phenoxy) is 2. The number of aromatic nitrogens is 2. The lowest BCUT2D eigenvalue weighted by Gasteiger charge is -2.36. The van der Waals surface area contributed by atoms with Crippen LogP contribution in [-0.2, 0) is 24.4 Å². The lowest BCUT2D eigenvalue weighted by molar-refractivity contribution is -0.141. The van der Waals surface area contributed by atoms with Crippen LogP contribution in [0.3, 0.4) is 0 Å². The Morgan fingerprint density at radius 2 is 1.86 bits per heavy atom. The van der Waals surface area contributed by atoms with Crippen molar-refractivity contribution in [1.29, 1.82) is 0 Å². The summed E-state index contributed by atoms with van der Waals surface area (Å²) in [6.45, 7) is 13.5. The average molecular weight is 719 g/mol. The topological polar surface area (TPSA) is 169 Å². The number of methoxy groups -OCH3 is 1. The number of pyridine rings is 2. The third-order valence-electron chi connectivity index (χ3n) is 9.81. The number of hydrogen-bond donors (Lipinski definition) is 3. The van der Waals surface area contributed by atoms with Crippen LogP contribution in [0.25, 0.3) is 10.8 Å². The number of carbonyl (C=O) groups excluding carboxylic acids is 3. The Labute approximate surface area is 298 Å². The molecule has 2 aromatic heterocycles. The minimum absolute atomic E-state index is 0.0554. The van der Waals surface area contributed by atoms with Crippen LogP contribution in [0, 0.1) is 25.2 Å². The molecule has 0 radical (unpaired) electrons. The number of nitrogens with one attached hydrogen (secondary N) is 3. The number of nitrogens with zero attached hydrogens (tertiary/aromatic N) is 3. The van der Waals surface area contributed by atoms with Crippen LogP contribution in [0.5, 0.6) is 11.6 Å². The Bertz CT molecular complexity index is 1970. The minimum atomic E-state index is -3.87. The van der Waals surface area contributed by atoms with E-state index in [-0.39, 0.29) is 25.3 Å². The van der Waals surface area contributed by atoms with E-state index in [2.05, 4.69) is 31.9 Å². The van der Waals surface area contributed by atoms with E-state index in [4.69, 9.17) is 9.47 Å². The standard InChI is InChI=1S/C37H46N6O7S/c1-8-24-19-37(24,35(46)42-51(47,48)27-10-11-27)41-32(44)29-18-26(50-33-28-12-9-25(49-7)17-23(28)13-14-38-33)20-43(29)34(45)31(36(4,5)6)40-30-16-21(2)15-22(3)39-30/h8-9,12-17,24,26-27,29,31H,1,10-11,18-20H2,2-7H3,(H,39,40)(H,41,44)(H,42,46)/t24-,26-,29+,31-,37-/m1/s1. The molecular weight excluding hydrogens is 673 g/mol. The predicted molar refractivity (Wildman–Crippen MR) is 193 cm³/mol. The predicted octanol–water partition coefficient (Wildman–Crippen LogP) is 3.80. The third kappa shape index (κ3) is 7.51. The second kappa shape index (κ2) is 13.4. The van der Waals surface area contributed by atoms with Gasteiger partial charge >= 0.3 is 0 Å². The highest BCUT2D eigenvalue weighted by Crippen LogP contribution is 2.45. The Kier molecular flexibility index (Phi) is 9.51. The average Bonchev–Trinajstić information content (AvgIpc) is 3.99. The first-order chi connectivity index (χ1) is 24.0. The van der Waals surface area contributed by atoms with E-state index in [0.29, 0.717) is 30.3 Å². The zero-order chi connectivity index (χ0) is 36.9. The van der Waals surface area contributed by atoms with Gasteiger partial charge in [-0.2, -0.15) is 0 Å². The SMILES string of the molecule is C=C[C@@H]1C[C@]1(NC(=O)[C@@H]1C[C@@H](Oc2nccc3cc(OC)ccc23)CN1C(=O)[C@@H](Nc1cc(C)cc(C)n1)C(C)(C)C)C(=O)NS(=O)(=O)C1CC1. The molecule has 2 saturated carbocycles. The van der Waals surface area contributed by atoms with Gasteiger partial charge in [-0.15, -0.1) is 6.58 Å². The van der Waals surface area contributed by atoms with Gasteiger partial charge in [0.05, 0.1) is 18.9 Å². The number of aryl methyl sites for hydroxylation is 2. The first-order valence-corrected chi connectivity index (χ1v) is 18.7. The van der Waals surface area contributed by atoms with Gasteiger partial charge in [-0.05, 0) is 85.9 Å². The maximum atomic E-state index is 14.7. The Morgan fingerprint density at radius 1 is 1.12 bits per heavy atom. The lowest BCUT2D eigenvalue weighted by atomic mass is 9.85. The van der Waals surface area contributed by atoms with Gasteiger partial charge in [0.15, 0.2) is 0 Å². The Balaban J connectivity index is 1.31. The molecule has 0 spiro atoms. The highest BCUT2D eigenvalue weighted by atomic mass is 32.2. The number of carbonyl (C=O) groups is 3. The van der Waals surface area contributed by atoms with E-state index in [0.717, 1.165) is 22.0 Å². The summed E-state index contributed by atoms with van der Waals surface area (Å²) in [6.07, 6.45) is 3.75. The molecular formula is C37H46N6O7S. The molecule has 14 heteroatoms. The van der Waals surface area contributed by atoms with Crippen molar-refractivity contribution in [1.82, 2.24) is 24.9 Å². The summed E-state index contributed by atoms with van der Waals surface area (Å²) in [5.74, 6) is -0.681. The summed E-state index contributed by atoms with van der Waals surface area (Å²) < 4.78 is 39.4. The molecule has 1 aliphatic heterocycles. The normalized spacial score (nSPS) is 23.6. The van der Waals surface area contributed by atoms with E-state index in [9.17, 15) is 22.8 Å². The molecule has 0 unspecified atom stereocenters.